The molecule has 2 aromatic heterocycles. The van der Waals surface area contributed by atoms with Gasteiger partial charge in [0.2, 0.25) is 0 Å². The Kier molecular flexibility index (Phi) is 6.00. The molecule has 3 heterocycles. The van der Waals surface area contributed by atoms with Crippen LogP contribution in [-0.2, 0) is 6.54 Å². The minimum Gasteiger partial charge on any atom is -0.493 e. The Morgan fingerprint density at radius 1 is 1.09 bits per heavy atom. The van der Waals surface area contributed by atoms with Crippen LogP contribution in [0.15, 0.2) is 41.8 Å². The molecule has 0 bridgehead atoms. The van der Waals surface area contributed by atoms with E-state index in [0.717, 1.165) is 60.9 Å². The number of fused-ring (bicyclic) bond motifs is 1. The van der Waals surface area contributed by atoms with Crippen LogP contribution >= 0.6 is 11.3 Å². The lowest BCUT2D eigenvalue weighted by Gasteiger charge is -2.31. The van der Waals surface area contributed by atoms with Gasteiger partial charge in [0.15, 0.2) is 16.6 Å². The Morgan fingerprint density at radius 2 is 1.88 bits per heavy atom. The van der Waals surface area contributed by atoms with Gasteiger partial charge in [0.05, 0.1) is 19.9 Å². The Balaban J connectivity index is 1.35. The summed E-state index contributed by atoms with van der Waals surface area (Å²) in [7, 11) is 3.33. The van der Waals surface area contributed by atoms with Crippen molar-refractivity contribution in [3.63, 3.8) is 0 Å². The highest BCUT2D eigenvalue weighted by atomic mass is 32.1. The van der Waals surface area contributed by atoms with Crippen LogP contribution in [0.5, 0.6) is 11.5 Å². The average molecular weight is 463 g/mol. The number of aromatic nitrogens is 2. The van der Waals surface area contributed by atoms with Crippen molar-refractivity contribution >= 4 is 27.4 Å². The summed E-state index contributed by atoms with van der Waals surface area (Å²) in [5.74, 6) is 2.06. The summed E-state index contributed by atoms with van der Waals surface area (Å²) in [5, 5.41) is 4.01. The number of nitrogen functional groups attached to an aromatic ring is 1. The number of nitrogens with one attached hydrogen (secondary N) is 1. The lowest BCUT2D eigenvalue weighted by Crippen LogP contribution is -2.32. The fraction of sp³-hybridized carbons (Fsp3) is 0.346. The van der Waals surface area contributed by atoms with Gasteiger partial charge in [0.1, 0.15) is 0 Å². The van der Waals surface area contributed by atoms with Crippen molar-refractivity contribution in [3.05, 3.63) is 58.6 Å². The molecular formula is C26H30N4O2S. The van der Waals surface area contributed by atoms with Crippen molar-refractivity contribution in [2.45, 2.75) is 32.2 Å². The van der Waals surface area contributed by atoms with E-state index in [1.54, 1.807) is 14.2 Å². The third kappa shape index (κ3) is 4.30. The zero-order valence-corrected chi connectivity index (χ0v) is 20.2. The fourth-order valence-corrected chi connectivity index (χ4v) is 5.48. The van der Waals surface area contributed by atoms with Crippen molar-refractivity contribution in [1.82, 2.24) is 14.9 Å². The van der Waals surface area contributed by atoms with Crippen molar-refractivity contribution in [2.75, 3.05) is 33.0 Å². The number of hydrogen-bond acceptors (Lipinski definition) is 6. The number of hydrogen-bond donors (Lipinski definition) is 2. The zero-order valence-electron chi connectivity index (χ0n) is 19.4. The van der Waals surface area contributed by atoms with Gasteiger partial charge in [-0.1, -0.05) is 6.07 Å². The van der Waals surface area contributed by atoms with E-state index in [1.165, 1.54) is 33.4 Å². The van der Waals surface area contributed by atoms with Gasteiger partial charge in [-0.05, 0) is 80.2 Å². The predicted octanol–water partition coefficient (Wildman–Crippen LogP) is 5.58. The lowest BCUT2D eigenvalue weighted by atomic mass is 9.88. The number of methoxy groups -OCH3 is 2. The first kappa shape index (κ1) is 21.8. The largest absolute Gasteiger partial charge is 0.493 e. The van der Waals surface area contributed by atoms with Gasteiger partial charge in [-0.2, -0.15) is 0 Å². The summed E-state index contributed by atoms with van der Waals surface area (Å²) in [5.41, 5.74) is 12.9. The molecule has 0 radical (unpaired) electrons. The van der Waals surface area contributed by atoms with Crippen LogP contribution < -0.4 is 15.2 Å². The van der Waals surface area contributed by atoms with Crippen LogP contribution in [0.1, 0.15) is 35.6 Å². The number of H-pyrrole nitrogens is 1. The van der Waals surface area contributed by atoms with Gasteiger partial charge >= 0.3 is 0 Å². The number of aryl methyl sites for hydroxylation is 1. The average Bonchev–Trinajstić information content (AvgIpc) is 3.41. The summed E-state index contributed by atoms with van der Waals surface area (Å²) in [6.45, 7) is 5.26. The van der Waals surface area contributed by atoms with E-state index >= 15 is 0 Å². The van der Waals surface area contributed by atoms with E-state index in [1.807, 2.05) is 12.1 Å². The SMILES string of the molecule is COc1ccc(-c2[nH]c3ccc(C4CCN(Cc5csc(N)n5)CC4)cc3c2C)cc1OC. The molecule has 1 saturated heterocycles. The first-order valence-corrected chi connectivity index (χ1v) is 12.2. The first-order chi connectivity index (χ1) is 16.1. The number of piperidine rings is 1. The molecule has 0 spiro atoms. The van der Waals surface area contributed by atoms with Crippen molar-refractivity contribution < 1.29 is 9.47 Å². The monoisotopic (exact) mass is 462 g/mol. The summed E-state index contributed by atoms with van der Waals surface area (Å²) in [4.78, 5) is 10.5. The van der Waals surface area contributed by atoms with E-state index in [-0.39, 0.29) is 0 Å². The highest BCUT2D eigenvalue weighted by molar-refractivity contribution is 7.13. The van der Waals surface area contributed by atoms with Gasteiger partial charge in [-0.15, -0.1) is 11.3 Å². The molecule has 1 fully saturated rings. The zero-order chi connectivity index (χ0) is 22.9. The van der Waals surface area contributed by atoms with E-state index in [4.69, 9.17) is 15.2 Å². The Labute approximate surface area is 198 Å². The molecule has 7 heteroatoms. The molecule has 0 amide bonds. The predicted molar refractivity (Wildman–Crippen MR) is 135 cm³/mol. The van der Waals surface area contributed by atoms with Crippen LogP contribution in [0, 0.1) is 6.92 Å². The number of thiazole rings is 1. The highest BCUT2D eigenvalue weighted by Crippen LogP contribution is 2.37. The molecule has 6 nitrogen and oxygen atoms in total. The molecule has 0 saturated carbocycles. The third-order valence-electron chi connectivity index (χ3n) is 6.77. The van der Waals surface area contributed by atoms with Gasteiger partial charge in [0, 0.05) is 34.1 Å². The van der Waals surface area contributed by atoms with E-state index in [2.05, 4.69) is 51.4 Å². The van der Waals surface area contributed by atoms with E-state index in [9.17, 15) is 0 Å². The van der Waals surface area contributed by atoms with Crippen molar-refractivity contribution in [2.24, 2.45) is 0 Å². The quantitative estimate of drug-likeness (QED) is 0.391. The molecule has 33 heavy (non-hydrogen) atoms. The number of likely N-dealkylation sites (tertiary alicyclic amines) is 1. The van der Waals surface area contributed by atoms with E-state index in [0.29, 0.717) is 11.0 Å². The van der Waals surface area contributed by atoms with Crippen LogP contribution in [0.25, 0.3) is 22.2 Å². The van der Waals surface area contributed by atoms with Gasteiger partial charge in [-0.3, -0.25) is 4.90 Å². The number of nitrogens with zero attached hydrogens (tertiary/aromatic N) is 2. The van der Waals surface area contributed by atoms with Crippen LogP contribution in [0.3, 0.4) is 0 Å². The third-order valence-corrected chi connectivity index (χ3v) is 7.49. The minimum absolute atomic E-state index is 0.588. The number of anilines is 1. The van der Waals surface area contributed by atoms with Crippen molar-refractivity contribution in [1.29, 1.82) is 0 Å². The summed E-state index contributed by atoms with van der Waals surface area (Å²) in [6, 6.07) is 13.0. The number of rotatable bonds is 6. The van der Waals surface area contributed by atoms with Crippen LogP contribution in [-0.4, -0.2) is 42.2 Å². The molecule has 172 valence electrons. The summed E-state index contributed by atoms with van der Waals surface area (Å²) in [6.07, 6.45) is 2.33. The molecule has 2 aromatic carbocycles. The lowest BCUT2D eigenvalue weighted by molar-refractivity contribution is 0.203. The number of aromatic amines is 1. The maximum absolute atomic E-state index is 5.78. The number of ether oxygens (including phenoxy) is 2. The standard InChI is InChI=1S/C26H30N4O2S/c1-16-21-12-18(17-8-10-30(11-9-17)14-20-15-33-26(27)28-20)4-6-22(21)29-25(16)19-5-7-23(31-2)24(13-19)32-3/h4-7,12-13,15,17,29H,8-11,14H2,1-3H3,(H2,27,28). The molecule has 0 atom stereocenters. The molecule has 3 N–H and O–H groups in total. The second-order valence-corrected chi connectivity index (χ2v) is 9.62. The molecular weight excluding hydrogens is 432 g/mol. The summed E-state index contributed by atoms with van der Waals surface area (Å²) < 4.78 is 10.9. The molecule has 0 aliphatic carbocycles. The van der Waals surface area contributed by atoms with E-state index < -0.39 is 0 Å². The molecule has 1 aliphatic heterocycles. The number of benzene rings is 2. The molecule has 4 aromatic rings. The second-order valence-electron chi connectivity index (χ2n) is 8.73. The smallest absolute Gasteiger partial charge is 0.180 e. The molecule has 5 rings (SSSR count). The van der Waals surface area contributed by atoms with Crippen LogP contribution in [0.4, 0.5) is 5.13 Å². The maximum Gasteiger partial charge on any atom is 0.180 e. The Morgan fingerprint density at radius 3 is 2.58 bits per heavy atom. The molecule has 0 unspecified atom stereocenters. The van der Waals surface area contributed by atoms with Gasteiger partial charge in [-0.25, -0.2) is 4.98 Å². The Bertz CT molecular complexity index is 1270. The minimum atomic E-state index is 0.588. The first-order valence-electron chi connectivity index (χ1n) is 11.3. The maximum atomic E-state index is 5.78. The number of nitrogens with two attached hydrogens (primary N) is 1. The fourth-order valence-electron chi connectivity index (χ4n) is 4.93. The summed E-state index contributed by atoms with van der Waals surface area (Å²) >= 11 is 1.52. The van der Waals surface area contributed by atoms with Crippen LogP contribution in [0.2, 0.25) is 0 Å². The Hall–Kier alpha value is -3.03. The van der Waals surface area contributed by atoms with Gasteiger partial charge in [0.25, 0.3) is 0 Å². The van der Waals surface area contributed by atoms with Crippen molar-refractivity contribution in [3.8, 4) is 22.8 Å². The van der Waals surface area contributed by atoms with Gasteiger partial charge < -0.3 is 20.2 Å². The topological polar surface area (TPSA) is 76.4 Å². The normalized spacial score (nSPS) is 15.2. The highest BCUT2D eigenvalue weighted by Gasteiger charge is 2.22. The molecule has 1 aliphatic rings. The second kappa shape index (κ2) is 9.08.